The zero-order chi connectivity index (χ0) is 15.4. The largest absolute Gasteiger partial charge is 0.476 e. The Hall–Kier alpha value is -2.96. The lowest BCUT2D eigenvalue weighted by atomic mass is 10.1. The predicted octanol–water partition coefficient (Wildman–Crippen LogP) is 2.81. The number of anilines is 1. The number of hydrogen-bond acceptors (Lipinski definition) is 4. The smallest absolute Gasteiger partial charge is 0.411 e. The summed E-state index contributed by atoms with van der Waals surface area (Å²) in [6, 6.07) is 4.33. The van der Waals surface area contributed by atoms with E-state index in [4.69, 9.17) is 9.84 Å². The van der Waals surface area contributed by atoms with Crippen LogP contribution in [0.25, 0.3) is 10.8 Å². The van der Waals surface area contributed by atoms with Crippen molar-refractivity contribution >= 4 is 28.5 Å². The highest BCUT2D eigenvalue weighted by atomic mass is 19.1. The van der Waals surface area contributed by atoms with E-state index in [9.17, 15) is 14.0 Å². The van der Waals surface area contributed by atoms with Crippen molar-refractivity contribution in [3.05, 3.63) is 48.6 Å². The molecule has 108 valence electrons. The lowest BCUT2D eigenvalue weighted by molar-refractivity contribution is 0.0693. The molecule has 0 atom stereocenters. The van der Waals surface area contributed by atoms with Crippen molar-refractivity contribution in [3.8, 4) is 0 Å². The van der Waals surface area contributed by atoms with Crippen LogP contribution in [0.5, 0.6) is 0 Å². The number of aromatic carboxylic acids is 1. The number of hydrogen-bond donors (Lipinski definition) is 2. The minimum Gasteiger partial charge on any atom is -0.476 e. The molecule has 1 heterocycles. The number of halogens is 1. The molecule has 0 saturated heterocycles. The third-order valence-electron chi connectivity index (χ3n) is 2.64. The first-order valence-electron chi connectivity index (χ1n) is 5.89. The number of carboxylic acid groups (broad SMARTS) is 1. The van der Waals surface area contributed by atoms with E-state index in [1.54, 1.807) is 0 Å². The zero-order valence-corrected chi connectivity index (χ0v) is 10.8. The summed E-state index contributed by atoms with van der Waals surface area (Å²) in [5.41, 5.74) is -0.196. The van der Waals surface area contributed by atoms with Crippen LogP contribution in [0.4, 0.5) is 14.9 Å². The Morgan fingerprint density at radius 1 is 1.48 bits per heavy atom. The van der Waals surface area contributed by atoms with Crippen LogP contribution in [-0.2, 0) is 4.74 Å². The second kappa shape index (κ2) is 6.00. The number of carboxylic acids is 1. The van der Waals surface area contributed by atoms with Crippen LogP contribution >= 0.6 is 0 Å². The minimum absolute atomic E-state index is 0.00101. The lowest BCUT2D eigenvalue weighted by Crippen LogP contribution is -2.14. The molecule has 0 saturated carbocycles. The number of nitrogens with one attached hydrogen (secondary N) is 1. The van der Waals surface area contributed by atoms with Gasteiger partial charge >= 0.3 is 12.1 Å². The molecule has 0 aliphatic heterocycles. The summed E-state index contributed by atoms with van der Waals surface area (Å²) in [5, 5.41) is 11.5. The van der Waals surface area contributed by atoms with E-state index in [-0.39, 0.29) is 28.8 Å². The number of aromatic nitrogens is 1. The molecule has 21 heavy (non-hydrogen) atoms. The van der Waals surface area contributed by atoms with Crippen LogP contribution in [0.15, 0.2) is 37.1 Å². The van der Waals surface area contributed by atoms with Crippen LogP contribution in [0.3, 0.4) is 0 Å². The van der Waals surface area contributed by atoms with Crippen molar-refractivity contribution in [1.29, 1.82) is 0 Å². The summed E-state index contributed by atoms with van der Waals surface area (Å²) in [6.07, 6.45) is 1.39. The molecule has 0 radical (unpaired) electrons. The Bertz CT molecular complexity index is 730. The van der Waals surface area contributed by atoms with Gasteiger partial charge in [0, 0.05) is 10.8 Å². The van der Waals surface area contributed by atoms with Crippen molar-refractivity contribution in [3.63, 3.8) is 0 Å². The molecule has 0 aliphatic carbocycles. The van der Waals surface area contributed by atoms with Gasteiger partial charge in [0.2, 0.25) is 0 Å². The van der Waals surface area contributed by atoms with Crippen LogP contribution in [0.1, 0.15) is 10.5 Å². The van der Waals surface area contributed by atoms with E-state index in [1.807, 2.05) is 0 Å². The SMILES string of the molecule is C=CCOC(=O)Nc1cccc2c(C(=O)O)ncc(F)c12. The third kappa shape index (κ3) is 2.97. The maximum absolute atomic E-state index is 13.9. The maximum atomic E-state index is 13.9. The quantitative estimate of drug-likeness (QED) is 0.845. The summed E-state index contributed by atoms with van der Waals surface area (Å²) in [7, 11) is 0. The summed E-state index contributed by atoms with van der Waals surface area (Å²) in [6.45, 7) is 3.40. The van der Waals surface area contributed by atoms with Crippen LogP contribution in [0, 0.1) is 5.82 Å². The Balaban J connectivity index is 2.50. The third-order valence-corrected chi connectivity index (χ3v) is 2.64. The molecule has 2 N–H and O–H groups in total. The molecule has 2 aromatic rings. The van der Waals surface area contributed by atoms with Gasteiger partial charge in [0.05, 0.1) is 11.9 Å². The van der Waals surface area contributed by atoms with Gasteiger partial charge < -0.3 is 9.84 Å². The van der Waals surface area contributed by atoms with Gasteiger partial charge in [-0.15, -0.1) is 0 Å². The number of benzene rings is 1. The zero-order valence-electron chi connectivity index (χ0n) is 10.8. The molecule has 0 fully saturated rings. The monoisotopic (exact) mass is 290 g/mol. The van der Waals surface area contributed by atoms with Crippen molar-refractivity contribution in [2.24, 2.45) is 0 Å². The second-order valence-electron chi connectivity index (χ2n) is 4.00. The first kappa shape index (κ1) is 14.4. The second-order valence-corrected chi connectivity index (χ2v) is 4.00. The van der Waals surface area contributed by atoms with E-state index >= 15 is 0 Å². The van der Waals surface area contributed by atoms with Gasteiger partial charge in [0.25, 0.3) is 0 Å². The molecule has 1 amide bonds. The lowest BCUT2D eigenvalue weighted by Gasteiger charge is -2.10. The standard InChI is InChI=1S/C14H11FN2O4/c1-2-6-21-14(20)17-10-5-3-4-8-11(10)9(15)7-16-12(8)13(18)19/h2-5,7H,1,6H2,(H,17,20)(H,18,19). The van der Waals surface area contributed by atoms with E-state index in [2.05, 4.69) is 16.9 Å². The van der Waals surface area contributed by atoms with Gasteiger partial charge in [-0.05, 0) is 6.07 Å². The Kier molecular flexibility index (Phi) is 4.13. The van der Waals surface area contributed by atoms with Gasteiger partial charge in [-0.25, -0.2) is 19.0 Å². The molecule has 0 bridgehead atoms. The fourth-order valence-corrected chi connectivity index (χ4v) is 1.82. The van der Waals surface area contributed by atoms with Gasteiger partial charge in [-0.3, -0.25) is 5.32 Å². The number of amides is 1. The number of ether oxygens (including phenoxy) is 1. The summed E-state index contributed by atoms with van der Waals surface area (Å²) in [5.74, 6) is -2.03. The average molecular weight is 290 g/mol. The molecule has 1 aromatic carbocycles. The van der Waals surface area contributed by atoms with Crippen LogP contribution in [-0.4, -0.2) is 28.8 Å². The normalized spacial score (nSPS) is 10.1. The minimum atomic E-state index is -1.29. The highest BCUT2D eigenvalue weighted by Crippen LogP contribution is 2.28. The van der Waals surface area contributed by atoms with Gasteiger partial charge in [-0.2, -0.15) is 0 Å². The van der Waals surface area contributed by atoms with Crippen molar-refractivity contribution in [1.82, 2.24) is 4.98 Å². The Morgan fingerprint density at radius 3 is 2.90 bits per heavy atom. The van der Waals surface area contributed by atoms with Gasteiger partial charge in [0.1, 0.15) is 6.61 Å². The fourth-order valence-electron chi connectivity index (χ4n) is 1.82. The number of pyridine rings is 1. The molecule has 2 rings (SSSR count). The number of nitrogens with zero attached hydrogens (tertiary/aromatic N) is 1. The molecule has 1 aromatic heterocycles. The first-order chi connectivity index (χ1) is 10.0. The molecule has 0 aliphatic rings. The highest BCUT2D eigenvalue weighted by Gasteiger charge is 2.17. The first-order valence-corrected chi connectivity index (χ1v) is 5.89. The topological polar surface area (TPSA) is 88.5 Å². The van der Waals surface area contributed by atoms with E-state index < -0.39 is 17.9 Å². The molecule has 7 heteroatoms. The Labute approximate surface area is 118 Å². The fraction of sp³-hybridized carbons (Fsp3) is 0.0714. The molecular weight excluding hydrogens is 279 g/mol. The van der Waals surface area contributed by atoms with Gasteiger partial charge in [-0.1, -0.05) is 24.8 Å². The van der Waals surface area contributed by atoms with Gasteiger partial charge in [0.15, 0.2) is 11.5 Å². The number of fused-ring (bicyclic) bond motifs is 1. The summed E-state index contributed by atoms with van der Waals surface area (Å²) in [4.78, 5) is 26.1. The Morgan fingerprint density at radius 2 is 2.24 bits per heavy atom. The maximum Gasteiger partial charge on any atom is 0.411 e. The predicted molar refractivity (Wildman–Crippen MR) is 73.8 cm³/mol. The number of carbonyl (C=O) groups excluding carboxylic acids is 1. The van der Waals surface area contributed by atoms with E-state index in [0.717, 1.165) is 6.20 Å². The number of rotatable bonds is 4. The number of carbonyl (C=O) groups is 2. The molecular formula is C14H11FN2O4. The van der Waals surface area contributed by atoms with Crippen molar-refractivity contribution in [2.45, 2.75) is 0 Å². The summed E-state index contributed by atoms with van der Waals surface area (Å²) >= 11 is 0. The van der Waals surface area contributed by atoms with Crippen molar-refractivity contribution < 1.29 is 23.8 Å². The molecule has 6 nitrogen and oxygen atoms in total. The average Bonchev–Trinajstić information content (AvgIpc) is 2.45. The highest BCUT2D eigenvalue weighted by molar-refractivity contribution is 6.08. The van der Waals surface area contributed by atoms with E-state index in [1.165, 1.54) is 24.3 Å². The summed E-state index contributed by atoms with van der Waals surface area (Å²) < 4.78 is 18.7. The molecule has 0 unspecified atom stereocenters. The molecule has 0 spiro atoms. The van der Waals surface area contributed by atoms with Crippen LogP contribution < -0.4 is 5.32 Å². The van der Waals surface area contributed by atoms with Crippen LogP contribution in [0.2, 0.25) is 0 Å². The van der Waals surface area contributed by atoms with Crippen molar-refractivity contribution in [2.75, 3.05) is 11.9 Å². The van der Waals surface area contributed by atoms with E-state index in [0.29, 0.717) is 0 Å².